The van der Waals surface area contributed by atoms with E-state index in [2.05, 4.69) is 11.2 Å². The summed E-state index contributed by atoms with van der Waals surface area (Å²) >= 11 is 4.34. The fourth-order valence-corrected chi connectivity index (χ4v) is 1.18. The molecular weight excluding hydrogens is 180 g/mol. The van der Waals surface area contributed by atoms with Crippen LogP contribution in [0.25, 0.3) is 0 Å². The summed E-state index contributed by atoms with van der Waals surface area (Å²) in [4.78, 5) is 0. The summed E-state index contributed by atoms with van der Waals surface area (Å²) in [6.07, 6.45) is 0. The van der Waals surface area contributed by atoms with Crippen molar-refractivity contribution in [1.29, 1.82) is 0 Å². The lowest BCUT2D eigenvalue weighted by Crippen LogP contribution is -1.86. The largest absolute Gasteiger partial charge is 0.551 e. The highest BCUT2D eigenvalue weighted by Crippen LogP contribution is 2.10. The van der Waals surface area contributed by atoms with Crippen LogP contribution in [0.5, 0.6) is 5.75 Å². The molecule has 0 radical (unpaired) electrons. The average Bonchev–Trinajstić information content (AvgIpc) is 1.93. The molecule has 0 spiro atoms. The summed E-state index contributed by atoms with van der Waals surface area (Å²) in [6, 6.07) is 7.22. The van der Waals surface area contributed by atoms with E-state index >= 15 is 0 Å². The Balaban J connectivity index is 2.82. The normalized spacial score (nSPS) is 10.0. The lowest BCUT2D eigenvalue weighted by Gasteiger charge is -2.06. The van der Waals surface area contributed by atoms with Gasteiger partial charge in [-0.25, -0.2) is 0 Å². The van der Waals surface area contributed by atoms with Crippen LogP contribution in [0.4, 0.5) is 0 Å². The van der Waals surface area contributed by atoms with Crippen molar-refractivity contribution in [3.8, 4) is 5.75 Å². The van der Waals surface area contributed by atoms with Crippen molar-refractivity contribution in [3.05, 3.63) is 29.8 Å². The Morgan fingerprint density at radius 3 is 2.36 bits per heavy atom. The zero-order valence-corrected chi connectivity index (χ0v) is 7.58. The van der Waals surface area contributed by atoms with Crippen LogP contribution in [0.15, 0.2) is 24.3 Å². The van der Waals surface area contributed by atoms with Crippen LogP contribution in [0.3, 0.4) is 0 Å². The first-order valence-electron chi connectivity index (χ1n) is 3.03. The van der Waals surface area contributed by atoms with Crippen LogP contribution in [0.1, 0.15) is 5.56 Å². The quantitative estimate of drug-likeness (QED) is 0.659. The maximum atomic E-state index is 10.4. The van der Waals surface area contributed by atoms with Gasteiger partial charge in [0.2, 0.25) is 0 Å². The van der Waals surface area contributed by atoms with Gasteiger partial charge in [0.25, 0.3) is 0 Å². The SMILES string of the molecule is Cc1ccc(O[S-](=O)=S)cc1. The van der Waals surface area contributed by atoms with E-state index in [9.17, 15) is 4.21 Å². The number of rotatable bonds is 2. The Bertz CT molecular complexity index is 293. The van der Waals surface area contributed by atoms with Crippen LogP contribution in [-0.2, 0) is 25.0 Å². The zero-order valence-electron chi connectivity index (χ0n) is 5.94. The third-order valence-electron chi connectivity index (χ3n) is 1.19. The van der Waals surface area contributed by atoms with Crippen molar-refractivity contribution in [1.82, 2.24) is 0 Å². The average molecular weight is 187 g/mol. The van der Waals surface area contributed by atoms with E-state index in [-0.39, 0.29) is 0 Å². The van der Waals surface area contributed by atoms with Gasteiger partial charge in [-0.3, -0.25) is 0 Å². The number of benzene rings is 1. The fraction of sp³-hybridized carbons (Fsp3) is 0.143. The summed E-state index contributed by atoms with van der Waals surface area (Å²) in [6.45, 7) is 1.97. The molecule has 2 nitrogen and oxygen atoms in total. The molecule has 1 aromatic carbocycles. The Labute approximate surface area is 72.1 Å². The second-order valence-corrected chi connectivity index (χ2v) is 3.49. The van der Waals surface area contributed by atoms with Crippen molar-refractivity contribution in [2.75, 3.05) is 0 Å². The van der Waals surface area contributed by atoms with Gasteiger partial charge in [0.05, 0.1) is 5.75 Å². The van der Waals surface area contributed by atoms with Crippen LogP contribution in [0.2, 0.25) is 0 Å². The second-order valence-electron chi connectivity index (χ2n) is 2.10. The molecule has 60 valence electrons. The summed E-state index contributed by atoms with van der Waals surface area (Å²) in [5, 5.41) is 0. The van der Waals surface area contributed by atoms with E-state index in [4.69, 9.17) is 4.18 Å². The molecule has 1 rings (SSSR count). The predicted octanol–water partition coefficient (Wildman–Crippen LogP) is 1.71. The number of aryl methyl sites for hydroxylation is 1. The third-order valence-corrected chi connectivity index (χ3v) is 1.72. The maximum Gasteiger partial charge on any atom is 0.0999 e. The van der Waals surface area contributed by atoms with Gasteiger partial charge in [-0.15, -0.1) is 0 Å². The topological polar surface area (TPSA) is 26.3 Å². The van der Waals surface area contributed by atoms with E-state index in [0.717, 1.165) is 5.56 Å². The summed E-state index contributed by atoms with van der Waals surface area (Å²) in [5.41, 5.74) is 1.13. The Morgan fingerprint density at radius 2 is 1.91 bits per heavy atom. The minimum Gasteiger partial charge on any atom is -0.551 e. The molecule has 0 aromatic heterocycles. The highest BCUT2D eigenvalue weighted by atomic mass is 32.8. The first-order chi connectivity index (χ1) is 5.18. The van der Waals surface area contributed by atoms with Crippen molar-refractivity contribution >= 4 is 20.8 Å². The molecule has 1 aromatic rings. The van der Waals surface area contributed by atoms with Crippen molar-refractivity contribution in [2.24, 2.45) is 0 Å². The van der Waals surface area contributed by atoms with Gasteiger partial charge in [0.1, 0.15) is 0 Å². The van der Waals surface area contributed by atoms with E-state index in [0.29, 0.717) is 5.75 Å². The summed E-state index contributed by atoms with van der Waals surface area (Å²) < 4.78 is 15.2. The van der Waals surface area contributed by atoms with Crippen molar-refractivity contribution < 1.29 is 8.39 Å². The zero-order chi connectivity index (χ0) is 8.27. The molecular formula is C7H7O2S2-. The van der Waals surface area contributed by atoms with E-state index in [1.54, 1.807) is 12.1 Å². The highest BCUT2D eigenvalue weighted by molar-refractivity contribution is 8.19. The molecule has 0 aliphatic heterocycles. The predicted molar refractivity (Wildman–Crippen MR) is 47.2 cm³/mol. The lowest BCUT2D eigenvalue weighted by atomic mass is 10.2. The van der Waals surface area contributed by atoms with E-state index in [1.165, 1.54) is 0 Å². The van der Waals surface area contributed by atoms with Crippen molar-refractivity contribution in [2.45, 2.75) is 6.92 Å². The van der Waals surface area contributed by atoms with Gasteiger partial charge in [-0.1, -0.05) is 17.7 Å². The smallest absolute Gasteiger partial charge is 0.0999 e. The molecule has 0 aliphatic carbocycles. The monoisotopic (exact) mass is 187 g/mol. The molecule has 0 fully saturated rings. The van der Waals surface area contributed by atoms with Gasteiger partial charge < -0.3 is 8.39 Å². The Morgan fingerprint density at radius 1 is 1.36 bits per heavy atom. The molecule has 0 atom stereocenters. The lowest BCUT2D eigenvalue weighted by molar-refractivity contribution is 0.536. The highest BCUT2D eigenvalue weighted by Gasteiger charge is 1.85. The molecule has 11 heavy (non-hydrogen) atoms. The molecule has 0 N–H and O–H groups in total. The van der Waals surface area contributed by atoms with Gasteiger partial charge >= 0.3 is 0 Å². The first kappa shape index (κ1) is 8.49. The summed E-state index contributed by atoms with van der Waals surface area (Å²) in [5.74, 6) is 0.545. The fourth-order valence-electron chi connectivity index (χ4n) is 0.672. The number of hydrogen-bond acceptors (Lipinski definition) is 4. The standard InChI is InChI=1S/C7H7O2S2/c1-6-2-4-7(5-3-6)9-11(8)10/h2-5H,1H3/q-1. The molecule has 4 heteroatoms. The first-order valence-corrected chi connectivity index (χ1v) is 5.03. The number of hydrogen-bond donors (Lipinski definition) is 0. The minimum absolute atomic E-state index is 0.545. The van der Waals surface area contributed by atoms with Gasteiger partial charge in [0.15, 0.2) is 0 Å². The van der Waals surface area contributed by atoms with Gasteiger partial charge in [-0.05, 0) is 28.7 Å². The van der Waals surface area contributed by atoms with Crippen LogP contribution in [-0.4, -0.2) is 0 Å². The summed E-state index contributed by atoms with van der Waals surface area (Å²) in [7, 11) is -1.64. The van der Waals surface area contributed by atoms with Gasteiger partial charge in [0, 0.05) is 0 Å². The second kappa shape index (κ2) is 3.69. The van der Waals surface area contributed by atoms with Crippen LogP contribution in [0, 0.1) is 6.92 Å². The molecule has 0 saturated carbocycles. The van der Waals surface area contributed by atoms with Gasteiger partial charge in [-0.2, -0.15) is 11.2 Å². The molecule has 0 saturated heterocycles. The van der Waals surface area contributed by atoms with E-state index < -0.39 is 9.64 Å². The molecule has 0 aliphatic rings. The van der Waals surface area contributed by atoms with Crippen molar-refractivity contribution in [3.63, 3.8) is 0 Å². The molecule has 0 bridgehead atoms. The molecule has 0 amide bonds. The van der Waals surface area contributed by atoms with Crippen LogP contribution < -0.4 is 4.18 Å². The Kier molecular flexibility index (Phi) is 2.84. The van der Waals surface area contributed by atoms with E-state index in [1.807, 2.05) is 19.1 Å². The maximum absolute atomic E-state index is 10.4. The molecule has 0 unspecified atom stereocenters. The van der Waals surface area contributed by atoms with Crippen LogP contribution >= 0.6 is 0 Å². The minimum atomic E-state index is -1.64. The Hall–Kier alpha value is -0.610. The third kappa shape index (κ3) is 2.86. The molecule has 0 heterocycles.